The topological polar surface area (TPSA) is 70.0 Å². The fraction of sp³-hybridized carbons (Fsp3) is 0.625. The highest BCUT2D eigenvalue weighted by molar-refractivity contribution is 6.50. The van der Waals surface area contributed by atoms with E-state index in [2.05, 4.69) is 0 Å². The summed E-state index contributed by atoms with van der Waals surface area (Å²) in [5, 5.41) is 17.7. The zero-order chi connectivity index (χ0) is 10.6. The zero-order valence-electron chi connectivity index (χ0n) is 8.14. The number of hydrogen-bond donors (Lipinski definition) is 2. The Bertz CT molecular complexity index is 241. The first-order valence-corrected chi connectivity index (χ1v) is 4.62. The van der Waals surface area contributed by atoms with Gasteiger partial charge in [0.25, 0.3) is 0 Å². The average Bonchev–Trinajstić information content (AvgIpc) is 2.18. The lowest BCUT2D eigenvalue weighted by atomic mass is 9.76. The van der Waals surface area contributed by atoms with E-state index in [1.54, 1.807) is 13.0 Å². The van der Waals surface area contributed by atoms with Crippen molar-refractivity contribution in [1.29, 1.82) is 0 Å². The van der Waals surface area contributed by atoms with Crippen LogP contribution in [0.1, 0.15) is 13.3 Å². The van der Waals surface area contributed by atoms with Crippen LogP contribution >= 0.6 is 0 Å². The van der Waals surface area contributed by atoms with E-state index in [0.29, 0.717) is 31.6 Å². The molecule has 0 aliphatic carbocycles. The lowest BCUT2D eigenvalue weighted by molar-refractivity contribution is 0.110. The first-order valence-electron chi connectivity index (χ1n) is 4.62. The summed E-state index contributed by atoms with van der Waals surface area (Å²) in [4.78, 5) is 12.7. The molecule has 0 unspecified atom stereocenters. The highest BCUT2D eigenvalue weighted by Gasteiger charge is 2.22. The second-order valence-electron chi connectivity index (χ2n) is 3.05. The van der Waals surface area contributed by atoms with E-state index >= 15 is 0 Å². The molecule has 1 aliphatic heterocycles. The number of hydrogen-bond acceptors (Lipinski definition) is 4. The smallest absolute Gasteiger partial charge is 0.450 e. The molecule has 0 saturated heterocycles. The van der Waals surface area contributed by atoms with Crippen molar-refractivity contribution in [3.8, 4) is 0 Å². The second kappa shape index (κ2) is 5.02. The molecule has 14 heavy (non-hydrogen) atoms. The first-order chi connectivity index (χ1) is 6.65. The molecule has 0 spiro atoms. The third-order valence-electron chi connectivity index (χ3n) is 2.10. The molecular formula is C8H14BNO4. The van der Waals surface area contributed by atoms with Crippen molar-refractivity contribution in [2.75, 3.05) is 19.7 Å². The molecule has 0 aromatic rings. The minimum absolute atomic E-state index is 0.352. The minimum atomic E-state index is -1.40. The van der Waals surface area contributed by atoms with E-state index in [-0.39, 0.29) is 6.09 Å². The Balaban J connectivity index is 2.46. The molecule has 1 amide bonds. The van der Waals surface area contributed by atoms with Gasteiger partial charge in [-0.1, -0.05) is 6.08 Å². The molecule has 0 aromatic carbocycles. The molecule has 0 fully saturated rings. The molecule has 1 aliphatic rings. The quantitative estimate of drug-likeness (QED) is 0.603. The summed E-state index contributed by atoms with van der Waals surface area (Å²) >= 11 is 0. The molecular weight excluding hydrogens is 185 g/mol. The van der Waals surface area contributed by atoms with E-state index in [1.165, 1.54) is 4.90 Å². The predicted molar refractivity (Wildman–Crippen MR) is 51.5 cm³/mol. The Hall–Kier alpha value is -1.01. The van der Waals surface area contributed by atoms with Gasteiger partial charge in [-0.2, -0.15) is 0 Å². The second-order valence-corrected chi connectivity index (χ2v) is 3.05. The van der Waals surface area contributed by atoms with E-state index in [1.807, 2.05) is 0 Å². The van der Waals surface area contributed by atoms with Gasteiger partial charge in [0.2, 0.25) is 0 Å². The summed E-state index contributed by atoms with van der Waals surface area (Å²) in [7, 11) is -1.40. The van der Waals surface area contributed by atoms with E-state index in [9.17, 15) is 4.79 Å². The van der Waals surface area contributed by atoms with Crippen molar-refractivity contribution in [2.24, 2.45) is 0 Å². The summed E-state index contributed by atoms with van der Waals surface area (Å²) in [5.41, 5.74) is 0.561. The third-order valence-corrected chi connectivity index (χ3v) is 2.10. The molecule has 0 bridgehead atoms. The van der Waals surface area contributed by atoms with Gasteiger partial charge in [-0.05, 0) is 18.8 Å². The van der Waals surface area contributed by atoms with Crippen molar-refractivity contribution >= 4 is 13.2 Å². The minimum Gasteiger partial charge on any atom is -0.450 e. The van der Waals surface area contributed by atoms with Crippen molar-refractivity contribution in [1.82, 2.24) is 4.90 Å². The highest BCUT2D eigenvalue weighted by Crippen LogP contribution is 2.12. The van der Waals surface area contributed by atoms with E-state index in [4.69, 9.17) is 14.8 Å². The van der Waals surface area contributed by atoms with Gasteiger partial charge in [0.15, 0.2) is 0 Å². The fourth-order valence-electron chi connectivity index (χ4n) is 1.30. The van der Waals surface area contributed by atoms with Gasteiger partial charge in [-0.25, -0.2) is 4.79 Å². The van der Waals surface area contributed by atoms with Crippen LogP contribution in [-0.2, 0) is 4.74 Å². The maximum atomic E-state index is 11.2. The molecule has 1 heterocycles. The Labute approximate surface area is 83.1 Å². The van der Waals surface area contributed by atoms with Crippen LogP contribution in [0.3, 0.4) is 0 Å². The van der Waals surface area contributed by atoms with Gasteiger partial charge in [0.05, 0.1) is 6.61 Å². The molecule has 6 heteroatoms. The molecule has 2 N–H and O–H groups in total. The number of carbonyl (C=O) groups excluding carboxylic acids is 1. The number of amides is 1. The molecule has 0 aromatic heterocycles. The summed E-state index contributed by atoms with van der Waals surface area (Å²) < 4.78 is 4.81. The number of nitrogens with zero attached hydrogens (tertiary/aromatic N) is 1. The summed E-state index contributed by atoms with van der Waals surface area (Å²) in [5.74, 6) is 0. The molecule has 0 atom stereocenters. The maximum Gasteiger partial charge on any atom is 0.483 e. The van der Waals surface area contributed by atoms with Crippen molar-refractivity contribution in [3.05, 3.63) is 11.5 Å². The molecule has 0 saturated carbocycles. The van der Waals surface area contributed by atoms with Gasteiger partial charge in [-0.3, -0.25) is 0 Å². The SMILES string of the molecule is CCOC(=O)N1CC=C(B(O)O)CC1. The standard InChI is InChI=1S/C8H14BNO4/c1-2-14-8(11)10-5-3-7(4-6-10)9(12)13/h3,12-13H,2,4-6H2,1H3. The predicted octanol–water partition coefficient (Wildman–Crippen LogP) is -0.213. The number of ether oxygens (including phenoxy) is 1. The van der Waals surface area contributed by atoms with Gasteiger partial charge >= 0.3 is 13.2 Å². The van der Waals surface area contributed by atoms with Crippen LogP contribution in [0.15, 0.2) is 11.5 Å². The lowest BCUT2D eigenvalue weighted by Gasteiger charge is -2.25. The monoisotopic (exact) mass is 199 g/mol. The van der Waals surface area contributed by atoms with Crippen LogP contribution in [0.25, 0.3) is 0 Å². The summed E-state index contributed by atoms with van der Waals surface area (Å²) in [6.45, 7) is 2.96. The fourth-order valence-corrected chi connectivity index (χ4v) is 1.30. The highest BCUT2D eigenvalue weighted by atomic mass is 16.6. The molecule has 5 nitrogen and oxygen atoms in total. The maximum absolute atomic E-state index is 11.2. The van der Waals surface area contributed by atoms with Crippen LogP contribution in [0.4, 0.5) is 4.79 Å². The Kier molecular flexibility index (Phi) is 3.97. The Morgan fingerprint density at radius 3 is 2.86 bits per heavy atom. The van der Waals surface area contributed by atoms with Crippen molar-refractivity contribution in [2.45, 2.75) is 13.3 Å². The Morgan fingerprint density at radius 2 is 2.43 bits per heavy atom. The van der Waals surface area contributed by atoms with Crippen molar-refractivity contribution in [3.63, 3.8) is 0 Å². The van der Waals surface area contributed by atoms with Gasteiger partial charge in [-0.15, -0.1) is 0 Å². The molecule has 78 valence electrons. The third kappa shape index (κ3) is 2.75. The normalized spacial score (nSPS) is 16.2. The van der Waals surface area contributed by atoms with Crippen LogP contribution in [-0.4, -0.2) is 47.9 Å². The average molecular weight is 199 g/mol. The molecule has 1 rings (SSSR count). The van der Waals surface area contributed by atoms with Gasteiger partial charge in [0, 0.05) is 13.1 Å². The summed E-state index contributed by atoms with van der Waals surface area (Å²) in [6.07, 6.45) is 1.77. The van der Waals surface area contributed by atoms with E-state index < -0.39 is 7.12 Å². The van der Waals surface area contributed by atoms with Crippen LogP contribution in [0.5, 0.6) is 0 Å². The zero-order valence-corrected chi connectivity index (χ0v) is 8.14. The van der Waals surface area contributed by atoms with Crippen molar-refractivity contribution < 1.29 is 19.6 Å². The lowest BCUT2D eigenvalue weighted by Crippen LogP contribution is -2.37. The van der Waals surface area contributed by atoms with Crippen LogP contribution in [0, 0.1) is 0 Å². The number of rotatable bonds is 2. The van der Waals surface area contributed by atoms with Gasteiger partial charge < -0.3 is 19.7 Å². The molecule has 0 radical (unpaired) electrons. The van der Waals surface area contributed by atoms with Crippen LogP contribution < -0.4 is 0 Å². The van der Waals surface area contributed by atoms with Gasteiger partial charge in [0.1, 0.15) is 0 Å². The number of carbonyl (C=O) groups is 1. The summed E-state index contributed by atoms with van der Waals surface area (Å²) in [6, 6.07) is 0. The Morgan fingerprint density at radius 1 is 1.71 bits per heavy atom. The largest absolute Gasteiger partial charge is 0.483 e. The first kappa shape index (κ1) is 11.1. The van der Waals surface area contributed by atoms with Crippen LogP contribution in [0.2, 0.25) is 0 Å². The van der Waals surface area contributed by atoms with E-state index in [0.717, 1.165) is 0 Å².